The number of nitrogens with one attached hydrogen (secondary N) is 1. The lowest BCUT2D eigenvalue weighted by molar-refractivity contribution is 0.0857. The Morgan fingerprint density at radius 2 is 2.19 bits per heavy atom. The number of benzene rings is 1. The third-order valence-electron chi connectivity index (χ3n) is 4.79. The van der Waals surface area contributed by atoms with Crippen molar-refractivity contribution in [1.29, 1.82) is 0 Å². The Kier molecular flexibility index (Phi) is 6.19. The molecule has 1 N–H and O–H groups in total. The van der Waals surface area contributed by atoms with E-state index in [0.717, 1.165) is 36.3 Å². The first kappa shape index (κ1) is 19.0. The van der Waals surface area contributed by atoms with Crippen molar-refractivity contribution in [3.63, 3.8) is 0 Å². The summed E-state index contributed by atoms with van der Waals surface area (Å²) in [5.41, 5.74) is 3.07. The van der Waals surface area contributed by atoms with E-state index >= 15 is 0 Å². The Balaban J connectivity index is 1.96. The number of anilines is 1. The van der Waals surface area contributed by atoms with Crippen molar-refractivity contribution in [2.24, 2.45) is 5.10 Å². The molecule has 0 radical (unpaired) electrons. The third-order valence-corrected chi connectivity index (χ3v) is 4.79. The predicted molar refractivity (Wildman–Crippen MR) is 108 cm³/mol. The van der Waals surface area contributed by atoms with Crippen LogP contribution in [-0.2, 0) is 4.74 Å². The lowest BCUT2D eigenvalue weighted by Crippen LogP contribution is -2.32. The van der Waals surface area contributed by atoms with Gasteiger partial charge in [-0.1, -0.05) is 30.3 Å². The van der Waals surface area contributed by atoms with Gasteiger partial charge >= 0.3 is 0 Å². The maximum absolute atomic E-state index is 12.9. The molecule has 142 valence electrons. The molecular formula is C21H26N4O2. The van der Waals surface area contributed by atoms with Crippen LogP contribution in [-0.4, -0.2) is 43.4 Å². The molecule has 0 aliphatic carbocycles. The fraction of sp³-hybridized carbons (Fsp3) is 0.381. The molecule has 0 bridgehead atoms. The van der Waals surface area contributed by atoms with Crippen molar-refractivity contribution in [3.05, 3.63) is 47.5 Å². The number of carbonyl (C=O) groups is 1. The number of carbonyl (C=O) groups excluding carboxylic acids is 1. The molecule has 1 aliphatic heterocycles. The highest BCUT2D eigenvalue weighted by Gasteiger charge is 2.21. The summed E-state index contributed by atoms with van der Waals surface area (Å²) in [6.45, 7) is 9.41. The second kappa shape index (κ2) is 8.77. The average molecular weight is 366 g/mol. The van der Waals surface area contributed by atoms with Crippen LogP contribution in [0.15, 0.2) is 41.5 Å². The molecule has 1 saturated heterocycles. The standard InChI is InChI=1S/C21H26N4O2/c1-4-25(22-3)20-15(2)18(21(26)23-14-17-11-8-12-27-17)13-19(24-20)16-9-6-5-7-10-16/h5-7,9-10,13,17H,3-4,8,11-12,14H2,1-2H3,(H,23,26). The lowest BCUT2D eigenvalue weighted by atomic mass is 10.0. The topological polar surface area (TPSA) is 66.8 Å². The zero-order chi connectivity index (χ0) is 19.2. The Morgan fingerprint density at radius 3 is 2.81 bits per heavy atom. The molecule has 0 spiro atoms. The van der Waals surface area contributed by atoms with Gasteiger partial charge in [0.2, 0.25) is 0 Å². The maximum Gasteiger partial charge on any atom is 0.251 e. The summed E-state index contributed by atoms with van der Waals surface area (Å²) in [5.74, 6) is 0.528. The first-order chi connectivity index (χ1) is 13.1. The van der Waals surface area contributed by atoms with Crippen molar-refractivity contribution in [3.8, 4) is 11.3 Å². The van der Waals surface area contributed by atoms with Crippen LogP contribution in [0, 0.1) is 6.92 Å². The van der Waals surface area contributed by atoms with E-state index < -0.39 is 0 Å². The molecule has 1 aliphatic rings. The largest absolute Gasteiger partial charge is 0.376 e. The molecule has 0 saturated carbocycles. The predicted octanol–water partition coefficient (Wildman–Crippen LogP) is 3.41. The zero-order valence-corrected chi connectivity index (χ0v) is 15.9. The summed E-state index contributed by atoms with van der Waals surface area (Å²) < 4.78 is 5.60. The van der Waals surface area contributed by atoms with Gasteiger partial charge in [0.15, 0.2) is 5.82 Å². The van der Waals surface area contributed by atoms with Gasteiger partial charge in [-0.2, -0.15) is 5.10 Å². The average Bonchev–Trinajstić information content (AvgIpc) is 3.22. The van der Waals surface area contributed by atoms with Gasteiger partial charge in [-0.15, -0.1) is 0 Å². The Morgan fingerprint density at radius 1 is 1.41 bits per heavy atom. The monoisotopic (exact) mass is 366 g/mol. The molecular weight excluding hydrogens is 340 g/mol. The molecule has 6 heteroatoms. The van der Waals surface area contributed by atoms with E-state index in [4.69, 9.17) is 9.72 Å². The summed E-state index contributed by atoms with van der Waals surface area (Å²) in [6.07, 6.45) is 2.14. The number of nitrogens with zero attached hydrogens (tertiary/aromatic N) is 3. The van der Waals surface area contributed by atoms with Crippen LogP contribution < -0.4 is 10.3 Å². The fourth-order valence-electron chi connectivity index (χ4n) is 3.26. The number of ether oxygens (including phenoxy) is 1. The molecule has 1 amide bonds. The van der Waals surface area contributed by atoms with Crippen LogP contribution in [0.5, 0.6) is 0 Å². The molecule has 2 heterocycles. The number of pyridine rings is 1. The summed E-state index contributed by atoms with van der Waals surface area (Å²) >= 11 is 0. The zero-order valence-electron chi connectivity index (χ0n) is 15.9. The quantitative estimate of drug-likeness (QED) is 0.602. The molecule has 1 aromatic carbocycles. The van der Waals surface area contributed by atoms with Gasteiger partial charge in [-0.3, -0.25) is 4.79 Å². The second-order valence-electron chi connectivity index (χ2n) is 6.57. The fourth-order valence-corrected chi connectivity index (χ4v) is 3.26. The van der Waals surface area contributed by atoms with Gasteiger partial charge < -0.3 is 10.1 Å². The summed E-state index contributed by atoms with van der Waals surface area (Å²) in [4.78, 5) is 17.7. The van der Waals surface area contributed by atoms with E-state index in [1.54, 1.807) is 5.01 Å². The minimum atomic E-state index is -0.121. The first-order valence-corrected chi connectivity index (χ1v) is 9.35. The van der Waals surface area contributed by atoms with E-state index in [-0.39, 0.29) is 12.0 Å². The van der Waals surface area contributed by atoms with Gasteiger partial charge in [0.1, 0.15) is 0 Å². The number of hydrogen-bond acceptors (Lipinski definition) is 5. The SMILES string of the molecule is C=NN(CC)c1nc(-c2ccccc2)cc(C(=O)NCC2CCCO2)c1C. The number of rotatable bonds is 7. The maximum atomic E-state index is 12.9. The highest BCUT2D eigenvalue weighted by Crippen LogP contribution is 2.27. The summed E-state index contributed by atoms with van der Waals surface area (Å²) in [7, 11) is 0. The number of amides is 1. The Hall–Kier alpha value is -2.73. The Bertz CT molecular complexity index is 801. The Labute approximate surface area is 160 Å². The minimum absolute atomic E-state index is 0.103. The summed E-state index contributed by atoms with van der Waals surface area (Å²) in [6, 6.07) is 11.7. The molecule has 2 aromatic rings. The van der Waals surface area contributed by atoms with Crippen molar-refractivity contribution >= 4 is 18.4 Å². The highest BCUT2D eigenvalue weighted by atomic mass is 16.5. The third kappa shape index (κ3) is 4.34. The van der Waals surface area contributed by atoms with Gasteiger partial charge in [0.25, 0.3) is 5.91 Å². The molecule has 1 aromatic heterocycles. The highest BCUT2D eigenvalue weighted by molar-refractivity contribution is 5.98. The van der Waals surface area contributed by atoms with Gasteiger partial charge in [-0.25, -0.2) is 9.99 Å². The van der Waals surface area contributed by atoms with Gasteiger partial charge in [0, 0.05) is 43.1 Å². The number of hydrogen-bond donors (Lipinski definition) is 1. The molecule has 1 atom stereocenters. The van der Waals surface area contributed by atoms with Gasteiger partial charge in [0.05, 0.1) is 11.8 Å². The van der Waals surface area contributed by atoms with Crippen LogP contribution in [0.25, 0.3) is 11.3 Å². The van der Waals surface area contributed by atoms with E-state index in [1.165, 1.54) is 0 Å². The normalized spacial score (nSPS) is 16.1. The van der Waals surface area contributed by atoms with Crippen LogP contribution in [0.1, 0.15) is 35.7 Å². The van der Waals surface area contributed by atoms with Crippen molar-refractivity contribution in [2.45, 2.75) is 32.8 Å². The summed E-state index contributed by atoms with van der Waals surface area (Å²) in [5, 5.41) is 8.76. The van der Waals surface area contributed by atoms with Crippen LogP contribution in [0.2, 0.25) is 0 Å². The van der Waals surface area contributed by atoms with E-state index in [2.05, 4.69) is 17.1 Å². The van der Waals surface area contributed by atoms with Crippen molar-refractivity contribution < 1.29 is 9.53 Å². The van der Waals surface area contributed by atoms with Crippen LogP contribution in [0.3, 0.4) is 0 Å². The minimum Gasteiger partial charge on any atom is -0.376 e. The second-order valence-corrected chi connectivity index (χ2v) is 6.57. The van der Waals surface area contributed by atoms with Gasteiger partial charge in [-0.05, 0) is 32.8 Å². The van der Waals surface area contributed by atoms with E-state index in [9.17, 15) is 4.79 Å². The van der Waals surface area contributed by atoms with E-state index in [0.29, 0.717) is 24.5 Å². The molecule has 1 unspecified atom stereocenters. The smallest absolute Gasteiger partial charge is 0.251 e. The first-order valence-electron chi connectivity index (χ1n) is 9.35. The molecule has 27 heavy (non-hydrogen) atoms. The molecule has 1 fully saturated rings. The van der Waals surface area contributed by atoms with Crippen LogP contribution >= 0.6 is 0 Å². The van der Waals surface area contributed by atoms with Crippen molar-refractivity contribution in [2.75, 3.05) is 24.7 Å². The number of hydrazone groups is 1. The molecule has 6 nitrogen and oxygen atoms in total. The van der Waals surface area contributed by atoms with Crippen LogP contribution in [0.4, 0.5) is 5.82 Å². The number of aromatic nitrogens is 1. The van der Waals surface area contributed by atoms with Crippen molar-refractivity contribution in [1.82, 2.24) is 10.3 Å². The van der Waals surface area contributed by atoms with E-state index in [1.807, 2.05) is 50.2 Å². The lowest BCUT2D eigenvalue weighted by Gasteiger charge is -2.21. The molecule has 3 rings (SSSR count).